The van der Waals surface area contributed by atoms with Gasteiger partial charge in [-0.3, -0.25) is 0 Å². The predicted molar refractivity (Wildman–Crippen MR) is 80.7 cm³/mol. The minimum absolute atomic E-state index is 0.0613. The zero-order valence-electron chi connectivity index (χ0n) is 11.1. The Morgan fingerprint density at radius 3 is 1.81 bits per heavy atom. The van der Waals surface area contributed by atoms with Gasteiger partial charge in [0.25, 0.3) is 0 Å². The van der Waals surface area contributed by atoms with Crippen molar-refractivity contribution in [3.63, 3.8) is 0 Å². The zero-order valence-corrected chi connectivity index (χ0v) is 11.1. The SMILES string of the molecule is N#CC(C#N)=Cc1ccc(N=Nc2ccc(N)cc2)cc1. The first-order chi connectivity index (χ1) is 10.2. The third kappa shape index (κ3) is 4.02. The molecule has 2 N–H and O–H groups in total. The molecule has 2 aromatic rings. The average molecular weight is 273 g/mol. The summed E-state index contributed by atoms with van der Waals surface area (Å²) >= 11 is 0. The van der Waals surface area contributed by atoms with Crippen LogP contribution in [-0.2, 0) is 0 Å². The van der Waals surface area contributed by atoms with E-state index in [-0.39, 0.29) is 5.57 Å². The van der Waals surface area contributed by atoms with E-state index in [2.05, 4.69) is 10.2 Å². The lowest BCUT2D eigenvalue weighted by Gasteiger charge is -1.96. The van der Waals surface area contributed by atoms with Crippen molar-refractivity contribution < 1.29 is 0 Å². The van der Waals surface area contributed by atoms with E-state index < -0.39 is 0 Å². The van der Waals surface area contributed by atoms with Gasteiger partial charge in [-0.05, 0) is 48.0 Å². The van der Waals surface area contributed by atoms with E-state index in [0.29, 0.717) is 17.1 Å². The number of nitrogens with two attached hydrogens (primary N) is 1. The van der Waals surface area contributed by atoms with Gasteiger partial charge in [-0.2, -0.15) is 20.8 Å². The molecule has 0 unspecified atom stereocenters. The second kappa shape index (κ2) is 6.65. The van der Waals surface area contributed by atoms with E-state index in [1.807, 2.05) is 12.1 Å². The van der Waals surface area contributed by atoms with Crippen molar-refractivity contribution in [2.45, 2.75) is 0 Å². The molecule has 0 aromatic heterocycles. The highest BCUT2D eigenvalue weighted by Gasteiger charge is 1.95. The monoisotopic (exact) mass is 273 g/mol. The van der Waals surface area contributed by atoms with Crippen molar-refractivity contribution >= 4 is 23.1 Å². The first kappa shape index (κ1) is 14.0. The van der Waals surface area contributed by atoms with Crippen LogP contribution < -0.4 is 5.73 Å². The van der Waals surface area contributed by atoms with Gasteiger partial charge in [0.1, 0.15) is 17.7 Å². The Hall–Kier alpha value is -3.44. The number of hydrogen-bond acceptors (Lipinski definition) is 5. The predicted octanol–water partition coefficient (Wildman–Crippen LogP) is 4.11. The number of hydrogen-bond donors (Lipinski definition) is 1. The molecule has 100 valence electrons. The maximum absolute atomic E-state index is 8.69. The van der Waals surface area contributed by atoms with E-state index in [1.165, 1.54) is 6.08 Å². The highest BCUT2D eigenvalue weighted by atomic mass is 15.1. The highest BCUT2D eigenvalue weighted by molar-refractivity contribution is 5.63. The third-order valence-corrected chi connectivity index (χ3v) is 2.62. The quantitative estimate of drug-likeness (QED) is 0.517. The summed E-state index contributed by atoms with van der Waals surface area (Å²) in [5, 5.41) is 25.6. The van der Waals surface area contributed by atoms with Gasteiger partial charge in [0, 0.05) is 5.69 Å². The number of benzene rings is 2. The molecule has 0 spiro atoms. The Balaban J connectivity index is 2.13. The number of nitriles is 2. The number of allylic oxidation sites excluding steroid dienone is 1. The number of anilines is 1. The first-order valence-corrected chi connectivity index (χ1v) is 6.10. The van der Waals surface area contributed by atoms with Gasteiger partial charge in [0.05, 0.1) is 11.4 Å². The summed E-state index contributed by atoms with van der Waals surface area (Å²) in [7, 11) is 0. The molecule has 5 nitrogen and oxygen atoms in total. The van der Waals surface area contributed by atoms with Crippen molar-refractivity contribution in [3.8, 4) is 12.1 Å². The third-order valence-electron chi connectivity index (χ3n) is 2.62. The van der Waals surface area contributed by atoms with E-state index >= 15 is 0 Å². The average Bonchev–Trinajstić information content (AvgIpc) is 2.53. The summed E-state index contributed by atoms with van der Waals surface area (Å²) in [5.41, 5.74) is 8.48. The summed E-state index contributed by atoms with van der Waals surface area (Å²) in [6, 6.07) is 17.8. The number of nitrogen functional groups attached to an aromatic ring is 1. The Morgan fingerprint density at radius 1 is 0.857 bits per heavy atom. The number of nitrogens with zero attached hydrogens (tertiary/aromatic N) is 4. The van der Waals surface area contributed by atoms with Gasteiger partial charge in [-0.15, -0.1) is 0 Å². The minimum Gasteiger partial charge on any atom is -0.399 e. The standard InChI is InChI=1S/C16H11N5/c17-10-13(11-18)9-12-1-5-15(6-2-12)20-21-16-7-3-14(19)4-8-16/h1-9H,19H2. The van der Waals surface area contributed by atoms with Crippen molar-refractivity contribution in [2.75, 3.05) is 5.73 Å². The molecule has 0 fully saturated rings. The molecule has 0 atom stereocenters. The van der Waals surface area contributed by atoms with Crippen LogP contribution in [0.15, 0.2) is 64.3 Å². The van der Waals surface area contributed by atoms with E-state index in [0.717, 1.165) is 5.56 Å². The summed E-state index contributed by atoms with van der Waals surface area (Å²) in [6.45, 7) is 0. The molecule has 0 saturated heterocycles. The fraction of sp³-hybridized carbons (Fsp3) is 0. The molecule has 0 amide bonds. The van der Waals surface area contributed by atoms with Gasteiger partial charge in [-0.25, -0.2) is 0 Å². The van der Waals surface area contributed by atoms with Crippen LogP contribution in [0, 0.1) is 22.7 Å². The fourth-order valence-corrected chi connectivity index (χ4v) is 1.55. The van der Waals surface area contributed by atoms with Crippen molar-refractivity contribution in [1.82, 2.24) is 0 Å². The normalized spacial score (nSPS) is 9.81. The van der Waals surface area contributed by atoms with Gasteiger partial charge < -0.3 is 5.73 Å². The van der Waals surface area contributed by atoms with Crippen LogP contribution in [0.5, 0.6) is 0 Å². The zero-order chi connectivity index (χ0) is 15.1. The molecule has 0 aliphatic rings. The van der Waals surface area contributed by atoms with Crippen LogP contribution in [0.1, 0.15) is 5.56 Å². The highest BCUT2D eigenvalue weighted by Crippen LogP contribution is 2.20. The summed E-state index contributed by atoms with van der Waals surface area (Å²) < 4.78 is 0. The molecule has 0 aliphatic carbocycles. The molecular weight excluding hydrogens is 262 g/mol. The van der Waals surface area contributed by atoms with E-state index in [1.54, 1.807) is 48.5 Å². The Labute approximate surface area is 122 Å². The summed E-state index contributed by atoms with van der Waals surface area (Å²) in [5.74, 6) is 0. The smallest absolute Gasteiger partial charge is 0.130 e. The fourth-order valence-electron chi connectivity index (χ4n) is 1.55. The van der Waals surface area contributed by atoms with Crippen LogP contribution in [0.3, 0.4) is 0 Å². The molecular formula is C16H11N5. The van der Waals surface area contributed by atoms with Crippen LogP contribution in [0.25, 0.3) is 6.08 Å². The molecule has 2 rings (SSSR count). The molecule has 0 radical (unpaired) electrons. The lowest BCUT2D eigenvalue weighted by Crippen LogP contribution is -1.80. The molecule has 21 heavy (non-hydrogen) atoms. The van der Waals surface area contributed by atoms with Gasteiger partial charge >= 0.3 is 0 Å². The second-order valence-electron chi connectivity index (χ2n) is 4.16. The number of rotatable bonds is 3. The molecule has 0 saturated carbocycles. The molecule has 0 heterocycles. The van der Waals surface area contributed by atoms with Crippen LogP contribution in [-0.4, -0.2) is 0 Å². The van der Waals surface area contributed by atoms with Gasteiger partial charge in [0.2, 0.25) is 0 Å². The Morgan fingerprint density at radius 2 is 1.33 bits per heavy atom. The van der Waals surface area contributed by atoms with Crippen molar-refractivity contribution in [3.05, 3.63) is 59.7 Å². The van der Waals surface area contributed by atoms with Crippen molar-refractivity contribution in [1.29, 1.82) is 10.5 Å². The molecule has 0 aliphatic heterocycles. The molecule has 5 heteroatoms. The lowest BCUT2D eigenvalue weighted by atomic mass is 10.1. The Bertz CT molecular complexity index is 740. The van der Waals surface area contributed by atoms with Gasteiger partial charge in [-0.1, -0.05) is 12.1 Å². The van der Waals surface area contributed by atoms with Crippen LogP contribution >= 0.6 is 0 Å². The van der Waals surface area contributed by atoms with E-state index in [4.69, 9.17) is 16.3 Å². The maximum atomic E-state index is 8.69. The van der Waals surface area contributed by atoms with Crippen LogP contribution in [0.2, 0.25) is 0 Å². The largest absolute Gasteiger partial charge is 0.399 e. The molecule has 0 bridgehead atoms. The van der Waals surface area contributed by atoms with Gasteiger partial charge in [0.15, 0.2) is 0 Å². The number of azo groups is 1. The summed E-state index contributed by atoms with van der Waals surface area (Å²) in [4.78, 5) is 0. The first-order valence-electron chi connectivity index (χ1n) is 6.10. The minimum atomic E-state index is 0.0613. The topological polar surface area (TPSA) is 98.3 Å². The Kier molecular flexibility index (Phi) is 4.42. The molecule has 2 aromatic carbocycles. The lowest BCUT2D eigenvalue weighted by molar-refractivity contribution is 1.23. The maximum Gasteiger partial charge on any atom is 0.130 e. The van der Waals surface area contributed by atoms with Crippen molar-refractivity contribution in [2.24, 2.45) is 10.2 Å². The van der Waals surface area contributed by atoms with Crippen LogP contribution in [0.4, 0.5) is 17.1 Å². The second-order valence-corrected chi connectivity index (χ2v) is 4.16. The van der Waals surface area contributed by atoms with E-state index in [9.17, 15) is 0 Å². The summed E-state index contributed by atoms with van der Waals surface area (Å²) in [6.07, 6.45) is 1.51.